The van der Waals surface area contributed by atoms with Crippen molar-refractivity contribution >= 4 is 5.91 Å². The van der Waals surface area contributed by atoms with Gasteiger partial charge in [0.25, 0.3) is 5.91 Å². The third-order valence-corrected chi connectivity index (χ3v) is 4.39. The van der Waals surface area contributed by atoms with E-state index >= 15 is 0 Å². The Balaban J connectivity index is 1.70. The average Bonchev–Trinajstić information content (AvgIpc) is 3.03. The van der Waals surface area contributed by atoms with Gasteiger partial charge in [-0.25, -0.2) is 4.68 Å². The molecule has 0 aliphatic carbocycles. The van der Waals surface area contributed by atoms with E-state index in [1.165, 1.54) is 0 Å². The number of benzene rings is 2. The number of rotatable bonds is 6. The van der Waals surface area contributed by atoms with E-state index in [1.807, 2.05) is 67.1 Å². The first-order chi connectivity index (χ1) is 12.6. The summed E-state index contributed by atoms with van der Waals surface area (Å²) in [6.45, 7) is 5.00. The summed E-state index contributed by atoms with van der Waals surface area (Å²) in [7, 11) is 1.67. The number of amides is 1. The Labute approximate surface area is 153 Å². The number of para-hydroxylation sites is 1. The van der Waals surface area contributed by atoms with Gasteiger partial charge >= 0.3 is 0 Å². The van der Waals surface area contributed by atoms with Crippen LogP contribution in [0.4, 0.5) is 0 Å². The standard InChI is InChI=1S/C21H23N3O2/c1-15-6-4-5-7-20(15)24-16(2)19(13-23-24)21(25)22-12-17-8-10-18(11-9-17)14-26-3/h4-11,13H,12,14H2,1-3H3,(H,22,25). The molecule has 0 bridgehead atoms. The van der Waals surface area contributed by atoms with Crippen LogP contribution in [0.15, 0.2) is 54.7 Å². The molecule has 0 radical (unpaired) electrons. The lowest BCUT2D eigenvalue weighted by molar-refractivity contribution is 0.0950. The molecule has 5 heteroatoms. The van der Waals surface area contributed by atoms with Gasteiger partial charge in [-0.2, -0.15) is 5.10 Å². The first-order valence-electron chi connectivity index (χ1n) is 8.55. The topological polar surface area (TPSA) is 56.1 Å². The highest BCUT2D eigenvalue weighted by Crippen LogP contribution is 2.17. The maximum atomic E-state index is 12.6. The predicted molar refractivity (Wildman–Crippen MR) is 101 cm³/mol. The van der Waals surface area contributed by atoms with Crippen molar-refractivity contribution in [2.24, 2.45) is 0 Å². The van der Waals surface area contributed by atoms with Crippen molar-refractivity contribution in [3.8, 4) is 5.69 Å². The van der Waals surface area contributed by atoms with Crippen LogP contribution in [0, 0.1) is 13.8 Å². The highest BCUT2D eigenvalue weighted by atomic mass is 16.5. The highest BCUT2D eigenvalue weighted by molar-refractivity contribution is 5.95. The molecule has 0 saturated heterocycles. The number of hydrogen-bond acceptors (Lipinski definition) is 3. The number of methoxy groups -OCH3 is 1. The van der Waals surface area contributed by atoms with Gasteiger partial charge in [0.1, 0.15) is 0 Å². The second kappa shape index (κ2) is 7.97. The molecule has 1 heterocycles. The van der Waals surface area contributed by atoms with E-state index in [-0.39, 0.29) is 5.91 Å². The van der Waals surface area contributed by atoms with Crippen LogP contribution in [0.5, 0.6) is 0 Å². The van der Waals surface area contributed by atoms with Crippen molar-refractivity contribution in [3.05, 3.63) is 82.7 Å². The molecule has 134 valence electrons. The molecular weight excluding hydrogens is 326 g/mol. The molecule has 5 nitrogen and oxygen atoms in total. The van der Waals surface area contributed by atoms with Gasteiger partial charge < -0.3 is 10.1 Å². The number of carbonyl (C=O) groups is 1. The Morgan fingerprint density at radius 1 is 1.08 bits per heavy atom. The fourth-order valence-electron chi connectivity index (χ4n) is 2.87. The second-order valence-corrected chi connectivity index (χ2v) is 6.27. The summed E-state index contributed by atoms with van der Waals surface area (Å²) >= 11 is 0. The highest BCUT2D eigenvalue weighted by Gasteiger charge is 2.15. The lowest BCUT2D eigenvalue weighted by atomic mass is 10.1. The zero-order valence-electron chi connectivity index (χ0n) is 15.3. The third-order valence-electron chi connectivity index (χ3n) is 4.39. The van der Waals surface area contributed by atoms with Crippen molar-refractivity contribution in [2.75, 3.05) is 7.11 Å². The summed E-state index contributed by atoms with van der Waals surface area (Å²) in [6.07, 6.45) is 1.62. The number of nitrogens with zero attached hydrogens (tertiary/aromatic N) is 2. The summed E-state index contributed by atoms with van der Waals surface area (Å²) in [5.74, 6) is -0.122. The van der Waals surface area contributed by atoms with Gasteiger partial charge in [-0.15, -0.1) is 0 Å². The summed E-state index contributed by atoms with van der Waals surface area (Å²) in [5.41, 5.74) is 5.66. The van der Waals surface area contributed by atoms with Gasteiger partial charge in [0.05, 0.1) is 29.7 Å². The molecule has 3 rings (SSSR count). The molecule has 3 aromatic rings. The lowest BCUT2D eigenvalue weighted by Gasteiger charge is -2.09. The molecule has 1 N–H and O–H groups in total. The fourth-order valence-corrected chi connectivity index (χ4v) is 2.87. The van der Waals surface area contributed by atoms with E-state index in [9.17, 15) is 4.79 Å². The summed E-state index contributed by atoms with van der Waals surface area (Å²) in [5, 5.41) is 7.36. The van der Waals surface area contributed by atoms with Gasteiger partial charge in [0, 0.05) is 13.7 Å². The van der Waals surface area contributed by atoms with Crippen molar-refractivity contribution in [1.82, 2.24) is 15.1 Å². The maximum Gasteiger partial charge on any atom is 0.255 e. The van der Waals surface area contributed by atoms with Crippen LogP contribution in [0.25, 0.3) is 5.69 Å². The van der Waals surface area contributed by atoms with E-state index in [4.69, 9.17) is 4.74 Å². The second-order valence-electron chi connectivity index (χ2n) is 6.27. The predicted octanol–water partition coefficient (Wildman–Crippen LogP) is 3.57. The largest absolute Gasteiger partial charge is 0.380 e. The third kappa shape index (κ3) is 3.83. The Bertz CT molecular complexity index is 898. The van der Waals surface area contributed by atoms with Gasteiger partial charge in [-0.1, -0.05) is 42.5 Å². The molecule has 0 atom stereocenters. The SMILES string of the molecule is COCc1ccc(CNC(=O)c2cnn(-c3ccccc3C)c2C)cc1. The first kappa shape index (κ1) is 17.9. The monoisotopic (exact) mass is 349 g/mol. The van der Waals surface area contributed by atoms with E-state index in [0.717, 1.165) is 28.1 Å². The molecule has 0 saturated carbocycles. The number of nitrogens with one attached hydrogen (secondary N) is 1. The molecule has 0 unspecified atom stereocenters. The molecule has 0 aliphatic heterocycles. The van der Waals surface area contributed by atoms with Crippen LogP contribution in [0.1, 0.15) is 32.7 Å². The zero-order valence-corrected chi connectivity index (χ0v) is 15.3. The van der Waals surface area contributed by atoms with Gasteiger partial charge in [-0.05, 0) is 36.6 Å². The molecule has 0 spiro atoms. The Morgan fingerprint density at radius 3 is 2.46 bits per heavy atom. The van der Waals surface area contributed by atoms with E-state index in [1.54, 1.807) is 13.3 Å². The van der Waals surface area contributed by atoms with Crippen LogP contribution >= 0.6 is 0 Å². The number of aryl methyl sites for hydroxylation is 1. The minimum atomic E-state index is -0.122. The van der Waals surface area contributed by atoms with Crippen LogP contribution in [0.2, 0.25) is 0 Å². The number of hydrogen-bond donors (Lipinski definition) is 1. The Kier molecular flexibility index (Phi) is 5.49. The van der Waals surface area contributed by atoms with Crippen LogP contribution in [-0.2, 0) is 17.9 Å². The Morgan fingerprint density at radius 2 is 1.77 bits per heavy atom. The molecule has 1 amide bonds. The smallest absolute Gasteiger partial charge is 0.255 e. The lowest BCUT2D eigenvalue weighted by Crippen LogP contribution is -2.23. The molecule has 26 heavy (non-hydrogen) atoms. The minimum Gasteiger partial charge on any atom is -0.380 e. The van der Waals surface area contributed by atoms with Crippen molar-refractivity contribution in [1.29, 1.82) is 0 Å². The van der Waals surface area contributed by atoms with Crippen molar-refractivity contribution in [2.45, 2.75) is 27.0 Å². The molecule has 1 aromatic heterocycles. The minimum absolute atomic E-state index is 0.122. The summed E-state index contributed by atoms with van der Waals surface area (Å²) in [4.78, 5) is 12.6. The van der Waals surface area contributed by atoms with Crippen LogP contribution in [0.3, 0.4) is 0 Å². The first-order valence-corrected chi connectivity index (χ1v) is 8.55. The number of carbonyl (C=O) groups excluding carboxylic acids is 1. The summed E-state index contributed by atoms with van der Waals surface area (Å²) in [6, 6.07) is 16.0. The van der Waals surface area contributed by atoms with Gasteiger partial charge in [0.15, 0.2) is 0 Å². The Hall–Kier alpha value is -2.92. The van der Waals surface area contributed by atoms with Crippen molar-refractivity contribution < 1.29 is 9.53 Å². The van der Waals surface area contributed by atoms with E-state index in [0.29, 0.717) is 18.7 Å². The average molecular weight is 349 g/mol. The van der Waals surface area contributed by atoms with Gasteiger partial charge in [-0.3, -0.25) is 4.79 Å². The number of ether oxygens (including phenoxy) is 1. The fraction of sp³-hybridized carbons (Fsp3) is 0.238. The molecule has 0 aliphatic rings. The van der Waals surface area contributed by atoms with E-state index in [2.05, 4.69) is 10.4 Å². The number of aromatic nitrogens is 2. The normalized spacial score (nSPS) is 10.7. The molecule has 2 aromatic carbocycles. The van der Waals surface area contributed by atoms with Gasteiger partial charge in [0.2, 0.25) is 0 Å². The van der Waals surface area contributed by atoms with E-state index < -0.39 is 0 Å². The summed E-state index contributed by atoms with van der Waals surface area (Å²) < 4.78 is 6.91. The quantitative estimate of drug-likeness (QED) is 0.740. The van der Waals surface area contributed by atoms with Crippen LogP contribution < -0.4 is 5.32 Å². The molecule has 0 fully saturated rings. The van der Waals surface area contributed by atoms with Crippen LogP contribution in [-0.4, -0.2) is 22.8 Å². The van der Waals surface area contributed by atoms with Crippen molar-refractivity contribution in [3.63, 3.8) is 0 Å². The molecular formula is C21H23N3O2. The zero-order chi connectivity index (χ0) is 18.5. The maximum absolute atomic E-state index is 12.6.